The molecule has 0 fully saturated rings. The fraction of sp³-hybridized carbons (Fsp3) is 0.400. The molecule has 1 amide bonds. The van der Waals surface area contributed by atoms with Crippen LogP contribution in [0.25, 0.3) is 11.5 Å². The van der Waals surface area contributed by atoms with Crippen LogP contribution in [0.5, 0.6) is 0 Å². The minimum absolute atomic E-state index is 0.114. The first-order chi connectivity index (χ1) is 10.0. The second-order valence-electron chi connectivity index (χ2n) is 5.07. The summed E-state index contributed by atoms with van der Waals surface area (Å²) >= 11 is 0. The maximum atomic E-state index is 12.2. The Labute approximate surface area is 123 Å². The van der Waals surface area contributed by atoms with E-state index in [0.717, 1.165) is 6.42 Å². The summed E-state index contributed by atoms with van der Waals surface area (Å²) in [4.78, 5) is 12.2. The summed E-state index contributed by atoms with van der Waals surface area (Å²) in [6.07, 6.45) is 0.846. The molecule has 0 aliphatic heterocycles. The lowest BCUT2D eigenvalue weighted by Crippen LogP contribution is -2.40. The fourth-order valence-corrected chi connectivity index (χ4v) is 1.91. The molecule has 112 valence electrons. The number of hydrogen-bond acceptors (Lipinski definition) is 5. The van der Waals surface area contributed by atoms with Gasteiger partial charge in [0.05, 0.1) is 17.3 Å². The van der Waals surface area contributed by atoms with Crippen LogP contribution in [0.3, 0.4) is 0 Å². The van der Waals surface area contributed by atoms with Gasteiger partial charge in [0.2, 0.25) is 17.7 Å². The number of aromatic nitrogens is 2. The van der Waals surface area contributed by atoms with Crippen molar-refractivity contribution in [1.29, 1.82) is 0 Å². The van der Waals surface area contributed by atoms with Gasteiger partial charge in [0, 0.05) is 6.92 Å². The van der Waals surface area contributed by atoms with E-state index >= 15 is 0 Å². The van der Waals surface area contributed by atoms with Crippen molar-refractivity contribution in [3.63, 3.8) is 0 Å². The summed E-state index contributed by atoms with van der Waals surface area (Å²) in [5, 5.41) is 10.6. The average molecular weight is 288 g/mol. The number of nitrogens with two attached hydrogens (primary N) is 1. The third-order valence-corrected chi connectivity index (χ3v) is 3.50. The SMILES string of the molecule is CC[C@H](C)[C@H](N)C(=O)Nc1ccccc1-c1nnc(C)o1. The molecule has 1 aromatic heterocycles. The van der Waals surface area contributed by atoms with Crippen LogP contribution in [0.15, 0.2) is 28.7 Å². The minimum atomic E-state index is -0.549. The van der Waals surface area contributed by atoms with Gasteiger partial charge in [0.1, 0.15) is 0 Å². The third-order valence-electron chi connectivity index (χ3n) is 3.50. The van der Waals surface area contributed by atoms with E-state index in [-0.39, 0.29) is 11.8 Å². The van der Waals surface area contributed by atoms with Gasteiger partial charge in [-0.2, -0.15) is 0 Å². The standard InChI is InChI=1S/C15H20N4O2/c1-4-9(2)13(16)14(20)17-12-8-6-5-7-11(12)15-19-18-10(3)21-15/h5-9,13H,4,16H2,1-3H3,(H,17,20)/t9-,13-/m0/s1. The van der Waals surface area contributed by atoms with Gasteiger partial charge in [-0.25, -0.2) is 0 Å². The number of carbonyl (C=O) groups excluding carboxylic acids is 1. The smallest absolute Gasteiger partial charge is 0.249 e. The van der Waals surface area contributed by atoms with Crippen molar-refractivity contribution >= 4 is 11.6 Å². The van der Waals surface area contributed by atoms with E-state index in [2.05, 4.69) is 15.5 Å². The largest absolute Gasteiger partial charge is 0.421 e. The summed E-state index contributed by atoms with van der Waals surface area (Å²) in [5.74, 6) is 0.749. The van der Waals surface area contributed by atoms with Gasteiger partial charge < -0.3 is 15.5 Å². The highest BCUT2D eigenvalue weighted by Gasteiger charge is 2.21. The minimum Gasteiger partial charge on any atom is -0.421 e. The molecular weight excluding hydrogens is 268 g/mol. The van der Waals surface area contributed by atoms with E-state index in [4.69, 9.17) is 10.2 Å². The van der Waals surface area contributed by atoms with E-state index in [1.165, 1.54) is 0 Å². The zero-order chi connectivity index (χ0) is 15.4. The topological polar surface area (TPSA) is 94.0 Å². The number of anilines is 1. The quantitative estimate of drug-likeness (QED) is 0.880. The number of carbonyl (C=O) groups is 1. The molecule has 1 heterocycles. The van der Waals surface area contributed by atoms with E-state index in [0.29, 0.717) is 23.0 Å². The Morgan fingerprint density at radius 1 is 1.38 bits per heavy atom. The van der Waals surface area contributed by atoms with Crippen molar-refractivity contribution < 1.29 is 9.21 Å². The monoisotopic (exact) mass is 288 g/mol. The molecule has 0 bridgehead atoms. The van der Waals surface area contributed by atoms with E-state index < -0.39 is 6.04 Å². The van der Waals surface area contributed by atoms with E-state index in [1.54, 1.807) is 13.0 Å². The Morgan fingerprint density at radius 2 is 2.10 bits per heavy atom. The molecule has 0 aliphatic rings. The Kier molecular flexibility index (Phi) is 4.70. The number of nitrogens with one attached hydrogen (secondary N) is 1. The molecule has 21 heavy (non-hydrogen) atoms. The summed E-state index contributed by atoms with van der Waals surface area (Å²) in [7, 11) is 0. The van der Waals surface area contributed by atoms with Crippen molar-refractivity contribution in [1.82, 2.24) is 10.2 Å². The van der Waals surface area contributed by atoms with Crippen molar-refractivity contribution in [3.05, 3.63) is 30.2 Å². The third kappa shape index (κ3) is 3.46. The number of benzene rings is 1. The van der Waals surface area contributed by atoms with Gasteiger partial charge in [0.15, 0.2) is 0 Å². The predicted octanol–water partition coefficient (Wildman–Crippen LogP) is 2.36. The zero-order valence-electron chi connectivity index (χ0n) is 12.5. The Balaban J connectivity index is 2.23. The Hall–Kier alpha value is -2.21. The fourth-order valence-electron chi connectivity index (χ4n) is 1.91. The molecule has 1 aromatic carbocycles. The van der Waals surface area contributed by atoms with E-state index in [1.807, 2.05) is 32.0 Å². The lowest BCUT2D eigenvalue weighted by atomic mass is 9.99. The highest BCUT2D eigenvalue weighted by atomic mass is 16.4. The van der Waals surface area contributed by atoms with Crippen LogP contribution in [0.2, 0.25) is 0 Å². The molecule has 0 radical (unpaired) electrons. The maximum absolute atomic E-state index is 12.2. The molecule has 2 aromatic rings. The zero-order valence-corrected chi connectivity index (χ0v) is 12.5. The average Bonchev–Trinajstić information content (AvgIpc) is 2.92. The summed E-state index contributed by atoms with van der Waals surface area (Å²) in [6.45, 7) is 5.68. The number of amides is 1. The predicted molar refractivity (Wildman–Crippen MR) is 80.5 cm³/mol. The first-order valence-electron chi connectivity index (χ1n) is 6.98. The number of aryl methyl sites for hydroxylation is 1. The van der Waals surface area contributed by atoms with Crippen molar-refractivity contribution in [2.75, 3.05) is 5.32 Å². The number of rotatable bonds is 5. The molecule has 6 heteroatoms. The molecule has 0 saturated carbocycles. The second kappa shape index (κ2) is 6.49. The van der Waals surface area contributed by atoms with Crippen molar-refractivity contribution in [3.8, 4) is 11.5 Å². The maximum Gasteiger partial charge on any atom is 0.249 e. The molecule has 0 saturated heterocycles. The van der Waals surface area contributed by atoms with Crippen molar-refractivity contribution in [2.45, 2.75) is 33.2 Å². The van der Waals surface area contributed by atoms with Gasteiger partial charge in [-0.15, -0.1) is 10.2 Å². The van der Waals surface area contributed by atoms with Crippen LogP contribution in [0.1, 0.15) is 26.2 Å². The second-order valence-corrected chi connectivity index (χ2v) is 5.07. The highest BCUT2D eigenvalue weighted by Crippen LogP contribution is 2.26. The first kappa shape index (κ1) is 15.2. The van der Waals surface area contributed by atoms with Crippen LogP contribution in [-0.2, 0) is 4.79 Å². The van der Waals surface area contributed by atoms with Crippen LogP contribution in [-0.4, -0.2) is 22.1 Å². The van der Waals surface area contributed by atoms with Crippen molar-refractivity contribution in [2.24, 2.45) is 11.7 Å². The summed E-state index contributed by atoms with van der Waals surface area (Å²) in [5.41, 5.74) is 7.25. The van der Waals surface area contributed by atoms with Gasteiger partial charge in [0.25, 0.3) is 0 Å². The number of para-hydroxylation sites is 1. The Bertz CT molecular complexity index is 624. The molecule has 3 N–H and O–H groups in total. The molecule has 0 aliphatic carbocycles. The van der Waals surface area contributed by atoms with Crippen LogP contribution in [0.4, 0.5) is 5.69 Å². The summed E-state index contributed by atoms with van der Waals surface area (Å²) in [6, 6.07) is 6.73. The van der Waals surface area contributed by atoms with Gasteiger partial charge in [-0.3, -0.25) is 4.79 Å². The van der Waals surface area contributed by atoms with Crippen LogP contribution < -0.4 is 11.1 Å². The van der Waals surface area contributed by atoms with Crippen LogP contribution in [0, 0.1) is 12.8 Å². The number of nitrogens with zero attached hydrogens (tertiary/aromatic N) is 2. The lowest BCUT2D eigenvalue weighted by molar-refractivity contribution is -0.118. The van der Waals surface area contributed by atoms with Gasteiger partial charge in [-0.05, 0) is 18.1 Å². The normalized spacial score (nSPS) is 13.7. The lowest BCUT2D eigenvalue weighted by Gasteiger charge is -2.18. The first-order valence-corrected chi connectivity index (χ1v) is 6.98. The highest BCUT2D eigenvalue weighted by molar-refractivity contribution is 5.97. The van der Waals surface area contributed by atoms with Gasteiger partial charge in [-0.1, -0.05) is 32.4 Å². The number of hydrogen-bond donors (Lipinski definition) is 2. The molecular formula is C15H20N4O2. The molecule has 6 nitrogen and oxygen atoms in total. The summed E-state index contributed by atoms with van der Waals surface area (Å²) < 4.78 is 5.42. The molecule has 2 atom stereocenters. The molecule has 2 rings (SSSR count). The molecule has 0 spiro atoms. The van der Waals surface area contributed by atoms with E-state index in [9.17, 15) is 4.79 Å². The Morgan fingerprint density at radius 3 is 2.71 bits per heavy atom. The van der Waals surface area contributed by atoms with Crippen LogP contribution >= 0.6 is 0 Å². The van der Waals surface area contributed by atoms with Gasteiger partial charge >= 0.3 is 0 Å². The molecule has 0 unspecified atom stereocenters.